The van der Waals surface area contributed by atoms with Gasteiger partial charge in [0.1, 0.15) is 0 Å². The molecule has 0 saturated heterocycles. The zero-order chi connectivity index (χ0) is 13.1. The first-order valence-corrected chi connectivity index (χ1v) is 5.84. The Bertz CT molecular complexity index is 613. The molecule has 2 rings (SSSR count). The van der Waals surface area contributed by atoms with Gasteiger partial charge in [0.15, 0.2) is 0 Å². The summed E-state index contributed by atoms with van der Waals surface area (Å²) in [5, 5.41) is 0. The van der Waals surface area contributed by atoms with Crippen molar-refractivity contribution in [3.8, 4) is 0 Å². The molecule has 2 aromatic rings. The van der Waals surface area contributed by atoms with Crippen LogP contribution in [-0.2, 0) is 6.54 Å². The van der Waals surface area contributed by atoms with E-state index < -0.39 is 5.91 Å². The Morgan fingerprint density at radius 2 is 2.22 bits per heavy atom. The van der Waals surface area contributed by atoms with Crippen molar-refractivity contribution >= 4 is 22.9 Å². The number of primary amides is 1. The van der Waals surface area contributed by atoms with Gasteiger partial charge in [-0.1, -0.05) is 19.1 Å². The van der Waals surface area contributed by atoms with Crippen LogP contribution >= 0.6 is 0 Å². The number of fused-ring (bicyclic) bond motifs is 1. The van der Waals surface area contributed by atoms with Crippen molar-refractivity contribution in [1.82, 2.24) is 9.55 Å². The SMILES string of the molecule is CC/C=C/Cn1c(N)nc2ccc(C(N)=O)cc21. The van der Waals surface area contributed by atoms with Gasteiger partial charge in [-0.15, -0.1) is 0 Å². The number of nitrogens with zero attached hydrogens (tertiary/aromatic N) is 2. The average molecular weight is 244 g/mol. The predicted molar refractivity (Wildman–Crippen MR) is 72.1 cm³/mol. The van der Waals surface area contributed by atoms with Crippen molar-refractivity contribution in [3.05, 3.63) is 35.9 Å². The number of benzene rings is 1. The zero-order valence-electron chi connectivity index (χ0n) is 10.3. The summed E-state index contributed by atoms with van der Waals surface area (Å²) in [4.78, 5) is 15.4. The molecule has 0 radical (unpaired) electrons. The number of hydrogen-bond donors (Lipinski definition) is 2. The van der Waals surface area contributed by atoms with E-state index in [9.17, 15) is 4.79 Å². The molecule has 0 saturated carbocycles. The molecule has 94 valence electrons. The molecule has 1 aromatic heterocycles. The molecule has 5 heteroatoms. The van der Waals surface area contributed by atoms with Gasteiger partial charge in [0.2, 0.25) is 11.9 Å². The average Bonchev–Trinajstić information content (AvgIpc) is 2.65. The molecule has 0 atom stereocenters. The van der Waals surface area contributed by atoms with Gasteiger partial charge in [-0.3, -0.25) is 4.79 Å². The van der Waals surface area contributed by atoms with Crippen LogP contribution in [0.15, 0.2) is 30.4 Å². The fourth-order valence-electron chi connectivity index (χ4n) is 1.83. The number of hydrogen-bond acceptors (Lipinski definition) is 3. The second-order valence-corrected chi connectivity index (χ2v) is 4.03. The second kappa shape index (κ2) is 4.91. The minimum atomic E-state index is -0.452. The number of allylic oxidation sites excluding steroid dienone is 2. The van der Waals surface area contributed by atoms with Gasteiger partial charge in [0.25, 0.3) is 0 Å². The lowest BCUT2D eigenvalue weighted by Crippen LogP contribution is -2.10. The first-order chi connectivity index (χ1) is 8.63. The highest BCUT2D eigenvalue weighted by Crippen LogP contribution is 2.19. The van der Waals surface area contributed by atoms with Crippen molar-refractivity contribution < 1.29 is 4.79 Å². The molecule has 0 aliphatic rings. The maximum atomic E-state index is 11.2. The number of imidazole rings is 1. The zero-order valence-corrected chi connectivity index (χ0v) is 10.3. The molecule has 0 spiro atoms. The highest BCUT2D eigenvalue weighted by atomic mass is 16.1. The number of rotatable bonds is 4. The Balaban J connectivity index is 2.49. The summed E-state index contributed by atoms with van der Waals surface area (Å²) < 4.78 is 1.86. The second-order valence-electron chi connectivity index (χ2n) is 4.03. The maximum absolute atomic E-state index is 11.2. The van der Waals surface area contributed by atoms with Crippen LogP contribution in [-0.4, -0.2) is 15.5 Å². The van der Waals surface area contributed by atoms with Crippen molar-refractivity contribution in [2.75, 3.05) is 5.73 Å². The van der Waals surface area contributed by atoms with E-state index in [-0.39, 0.29) is 0 Å². The summed E-state index contributed by atoms with van der Waals surface area (Å²) >= 11 is 0. The lowest BCUT2D eigenvalue weighted by Gasteiger charge is -2.03. The van der Waals surface area contributed by atoms with Crippen LogP contribution in [0.5, 0.6) is 0 Å². The van der Waals surface area contributed by atoms with Crippen LogP contribution in [0.25, 0.3) is 11.0 Å². The van der Waals surface area contributed by atoms with E-state index in [0.29, 0.717) is 18.1 Å². The molecule has 0 bridgehead atoms. The molecule has 0 fully saturated rings. The fourth-order valence-corrected chi connectivity index (χ4v) is 1.83. The van der Waals surface area contributed by atoms with E-state index in [4.69, 9.17) is 11.5 Å². The summed E-state index contributed by atoms with van der Waals surface area (Å²) in [5.41, 5.74) is 13.2. The van der Waals surface area contributed by atoms with E-state index in [0.717, 1.165) is 17.5 Å². The Morgan fingerprint density at radius 3 is 2.89 bits per heavy atom. The number of carbonyl (C=O) groups is 1. The van der Waals surface area contributed by atoms with E-state index in [1.165, 1.54) is 0 Å². The number of aromatic nitrogens is 2. The Labute approximate surface area is 105 Å². The van der Waals surface area contributed by atoms with Gasteiger partial charge in [0, 0.05) is 12.1 Å². The molecule has 0 unspecified atom stereocenters. The Morgan fingerprint density at radius 1 is 1.44 bits per heavy atom. The largest absolute Gasteiger partial charge is 0.369 e. The molecule has 0 aliphatic heterocycles. The third kappa shape index (κ3) is 2.20. The van der Waals surface area contributed by atoms with E-state index in [2.05, 4.69) is 18.0 Å². The van der Waals surface area contributed by atoms with E-state index >= 15 is 0 Å². The lowest BCUT2D eigenvalue weighted by molar-refractivity contribution is 0.100. The molecule has 0 aliphatic carbocycles. The van der Waals surface area contributed by atoms with Crippen LogP contribution in [0.3, 0.4) is 0 Å². The van der Waals surface area contributed by atoms with Crippen molar-refractivity contribution in [2.24, 2.45) is 5.73 Å². The molecule has 5 nitrogen and oxygen atoms in total. The summed E-state index contributed by atoms with van der Waals surface area (Å²) in [5.74, 6) is -0.0142. The monoisotopic (exact) mass is 244 g/mol. The predicted octanol–water partition coefficient (Wildman–Crippen LogP) is 1.68. The number of amides is 1. The van der Waals surface area contributed by atoms with Crippen LogP contribution in [0.4, 0.5) is 5.95 Å². The number of anilines is 1. The first-order valence-electron chi connectivity index (χ1n) is 5.84. The third-order valence-electron chi connectivity index (χ3n) is 2.75. The van der Waals surface area contributed by atoms with E-state index in [1.807, 2.05) is 10.6 Å². The van der Waals surface area contributed by atoms with Gasteiger partial charge in [-0.2, -0.15) is 0 Å². The van der Waals surface area contributed by atoms with Crippen LogP contribution in [0.1, 0.15) is 23.7 Å². The number of nitrogen functional groups attached to an aromatic ring is 1. The van der Waals surface area contributed by atoms with Crippen molar-refractivity contribution in [3.63, 3.8) is 0 Å². The van der Waals surface area contributed by atoms with Crippen LogP contribution in [0, 0.1) is 0 Å². The number of carbonyl (C=O) groups excluding carboxylic acids is 1. The Hall–Kier alpha value is -2.30. The summed E-state index contributed by atoms with van der Waals surface area (Å²) in [7, 11) is 0. The summed E-state index contributed by atoms with van der Waals surface area (Å²) in [6, 6.07) is 5.13. The smallest absolute Gasteiger partial charge is 0.248 e. The summed E-state index contributed by atoms with van der Waals surface area (Å²) in [6.45, 7) is 2.70. The van der Waals surface area contributed by atoms with Gasteiger partial charge in [-0.05, 0) is 24.6 Å². The standard InChI is InChI=1S/C13H16N4O/c1-2-3-4-7-17-11-8-9(12(14)18)5-6-10(11)16-13(17)15/h3-6,8H,2,7H2,1H3,(H2,14,18)(H2,15,16)/b4-3+. The highest BCUT2D eigenvalue weighted by molar-refractivity contribution is 5.96. The molecule has 1 amide bonds. The van der Waals surface area contributed by atoms with E-state index in [1.54, 1.807) is 18.2 Å². The minimum absolute atomic E-state index is 0.437. The van der Waals surface area contributed by atoms with Gasteiger partial charge in [0.05, 0.1) is 11.0 Å². The Kier molecular flexibility index (Phi) is 3.32. The van der Waals surface area contributed by atoms with Crippen molar-refractivity contribution in [1.29, 1.82) is 0 Å². The van der Waals surface area contributed by atoms with Gasteiger partial charge in [-0.25, -0.2) is 4.98 Å². The summed E-state index contributed by atoms with van der Waals surface area (Å²) in [6.07, 6.45) is 5.05. The quantitative estimate of drug-likeness (QED) is 0.802. The number of nitrogens with two attached hydrogens (primary N) is 2. The normalized spacial score (nSPS) is 11.4. The molecule has 4 N–H and O–H groups in total. The maximum Gasteiger partial charge on any atom is 0.248 e. The third-order valence-corrected chi connectivity index (χ3v) is 2.75. The minimum Gasteiger partial charge on any atom is -0.369 e. The lowest BCUT2D eigenvalue weighted by atomic mass is 10.2. The molecule has 1 aromatic carbocycles. The van der Waals surface area contributed by atoms with Gasteiger partial charge >= 0.3 is 0 Å². The van der Waals surface area contributed by atoms with Gasteiger partial charge < -0.3 is 16.0 Å². The fraction of sp³-hybridized carbons (Fsp3) is 0.231. The first kappa shape index (κ1) is 12.2. The topological polar surface area (TPSA) is 86.9 Å². The molecular formula is C13H16N4O. The molecular weight excluding hydrogens is 228 g/mol. The molecule has 1 heterocycles. The van der Waals surface area contributed by atoms with Crippen molar-refractivity contribution in [2.45, 2.75) is 19.9 Å². The molecule has 18 heavy (non-hydrogen) atoms. The highest BCUT2D eigenvalue weighted by Gasteiger charge is 2.09. The van der Waals surface area contributed by atoms with Crippen LogP contribution in [0.2, 0.25) is 0 Å². The van der Waals surface area contributed by atoms with Crippen LogP contribution < -0.4 is 11.5 Å².